The lowest BCUT2D eigenvalue weighted by atomic mass is 9.90. The molecule has 0 amide bonds. The molecule has 1 aliphatic carbocycles. The van der Waals surface area contributed by atoms with Crippen molar-refractivity contribution < 1.29 is 10.2 Å². The molecule has 0 radical (unpaired) electrons. The van der Waals surface area contributed by atoms with Gasteiger partial charge in [-0.25, -0.2) is 0 Å². The zero-order valence-electron chi connectivity index (χ0n) is 11.6. The molecule has 3 nitrogen and oxygen atoms in total. The summed E-state index contributed by atoms with van der Waals surface area (Å²) in [6.07, 6.45) is 4.60. The standard InChI is InChI=1S/C17H17NO2S/c19-12-8-9-14(16(20)10-12)17(21)18-15-7-3-5-11-4-1-2-6-13(11)15/h3,5,7-10,19-20H,1-2,4,6H2,(H,18,21). The van der Waals surface area contributed by atoms with E-state index in [1.807, 2.05) is 12.1 Å². The zero-order chi connectivity index (χ0) is 14.8. The molecule has 3 rings (SSSR count). The summed E-state index contributed by atoms with van der Waals surface area (Å²) in [5.41, 5.74) is 4.24. The Morgan fingerprint density at radius 2 is 1.86 bits per heavy atom. The minimum Gasteiger partial charge on any atom is -0.508 e. The van der Waals surface area contributed by atoms with Crippen LogP contribution in [-0.4, -0.2) is 15.2 Å². The average molecular weight is 299 g/mol. The first kappa shape index (κ1) is 13.9. The molecule has 108 valence electrons. The molecule has 1 aliphatic rings. The van der Waals surface area contributed by atoms with Crippen LogP contribution in [0.1, 0.15) is 29.5 Å². The van der Waals surface area contributed by atoms with Gasteiger partial charge in [-0.15, -0.1) is 0 Å². The van der Waals surface area contributed by atoms with Crippen molar-refractivity contribution in [2.75, 3.05) is 5.32 Å². The van der Waals surface area contributed by atoms with Crippen LogP contribution in [0.5, 0.6) is 11.5 Å². The van der Waals surface area contributed by atoms with Gasteiger partial charge in [-0.05, 0) is 55.0 Å². The summed E-state index contributed by atoms with van der Waals surface area (Å²) >= 11 is 5.39. The minimum absolute atomic E-state index is 0.0164. The number of hydrogen-bond acceptors (Lipinski definition) is 3. The Hall–Kier alpha value is -2.07. The SMILES string of the molecule is Oc1ccc(C(=S)Nc2cccc3c2CCCC3)c(O)c1. The van der Waals surface area contributed by atoms with Crippen molar-refractivity contribution in [1.29, 1.82) is 0 Å². The van der Waals surface area contributed by atoms with Gasteiger partial charge in [-0.2, -0.15) is 0 Å². The summed E-state index contributed by atoms with van der Waals surface area (Å²) in [7, 11) is 0. The van der Waals surface area contributed by atoms with Crippen LogP contribution in [0.4, 0.5) is 5.69 Å². The van der Waals surface area contributed by atoms with E-state index in [0.29, 0.717) is 10.6 Å². The lowest BCUT2D eigenvalue weighted by Gasteiger charge is -2.20. The molecule has 0 unspecified atom stereocenters. The summed E-state index contributed by atoms with van der Waals surface area (Å²) < 4.78 is 0. The van der Waals surface area contributed by atoms with Gasteiger partial charge in [0.15, 0.2) is 0 Å². The molecule has 0 aromatic heterocycles. The van der Waals surface area contributed by atoms with Crippen LogP contribution in [0.15, 0.2) is 36.4 Å². The molecule has 0 bridgehead atoms. The van der Waals surface area contributed by atoms with Gasteiger partial charge in [-0.3, -0.25) is 0 Å². The highest BCUT2D eigenvalue weighted by molar-refractivity contribution is 7.81. The van der Waals surface area contributed by atoms with Crippen molar-refractivity contribution >= 4 is 22.9 Å². The molecule has 0 saturated carbocycles. The summed E-state index contributed by atoms with van der Waals surface area (Å²) in [5.74, 6) is 0.00781. The highest BCUT2D eigenvalue weighted by atomic mass is 32.1. The van der Waals surface area contributed by atoms with Crippen molar-refractivity contribution in [2.45, 2.75) is 25.7 Å². The van der Waals surface area contributed by atoms with Gasteiger partial charge in [0, 0.05) is 11.8 Å². The Kier molecular flexibility index (Phi) is 3.80. The molecule has 0 spiro atoms. The summed E-state index contributed by atoms with van der Waals surface area (Å²) in [4.78, 5) is 0.464. The Balaban J connectivity index is 1.88. The van der Waals surface area contributed by atoms with Gasteiger partial charge in [0.1, 0.15) is 16.5 Å². The molecule has 0 atom stereocenters. The van der Waals surface area contributed by atoms with Crippen molar-refractivity contribution in [3.8, 4) is 11.5 Å². The summed E-state index contributed by atoms with van der Waals surface area (Å²) in [6.45, 7) is 0. The quantitative estimate of drug-likeness (QED) is 0.739. The highest BCUT2D eigenvalue weighted by Crippen LogP contribution is 2.29. The number of aryl methyl sites for hydroxylation is 1. The molecule has 0 saturated heterocycles. The Labute approximate surface area is 129 Å². The van der Waals surface area contributed by atoms with Crippen LogP contribution < -0.4 is 5.32 Å². The normalized spacial score (nSPS) is 13.5. The van der Waals surface area contributed by atoms with Crippen LogP contribution in [-0.2, 0) is 12.8 Å². The molecule has 2 aromatic rings. The van der Waals surface area contributed by atoms with Crippen LogP contribution >= 0.6 is 12.2 Å². The minimum atomic E-state index is -0.0164. The molecule has 21 heavy (non-hydrogen) atoms. The molecule has 4 heteroatoms. The Morgan fingerprint density at radius 3 is 2.67 bits per heavy atom. The van der Waals surface area contributed by atoms with Crippen molar-refractivity contribution in [3.05, 3.63) is 53.1 Å². The molecule has 3 N–H and O–H groups in total. The molecular formula is C17H17NO2S. The lowest BCUT2D eigenvalue weighted by molar-refractivity contribution is 0.450. The van der Waals surface area contributed by atoms with Crippen molar-refractivity contribution in [3.63, 3.8) is 0 Å². The monoisotopic (exact) mass is 299 g/mol. The summed E-state index contributed by atoms with van der Waals surface area (Å²) in [6, 6.07) is 10.7. The van der Waals surface area contributed by atoms with E-state index in [1.54, 1.807) is 6.07 Å². The van der Waals surface area contributed by atoms with Gasteiger partial charge < -0.3 is 15.5 Å². The van der Waals surface area contributed by atoms with Crippen LogP contribution in [0.25, 0.3) is 0 Å². The number of nitrogens with one attached hydrogen (secondary N) is 1. The molecular weight excluding hydrogens is 282 g/mol. The predicted octanol–water partition coefficient (Wildman–Crippen LogP) is 3.76. The number of phenols is 2. The molecule has 0 heterocycles. The lowest BCUT2D eigenvalue weighted by Crippen LogP contribution is -2.14. The fourth-order valence-corrected chi connectivity index (χ4v) is 3.08. The second-order valence-corrected chi connectivity index (χ2v) is 5.71. The van der Waals surface area contributed by atoms with E-state index in [4.69, 9.17) is 12.2 Å². The van der Waals surface area contributed by atoms with Gasteiger partial charge in [0.05, 0.1) is 5.56 Å². The predicted molar refractivity (Wildman–Crippen MR) is 88.2 cm³/mol. The zero-order valence-corrected chi connectivity index (χ0v) is 12.4. The second-order valence-electron chi connectivity index (χ2n) is 5.31. The molecule has 2 aromatic carbocycles. The fraction of sp³-hybridized carbons (Fsp3) is 0.235. The van der Waals surface area contributed by atoms with Gasteiger partial charge in [0.2, 0.25) is 0 Å². The van der Waals surface area contributed by atoms with Crippen LogP contribution in [0.3, 0.4) is 0 Å². The molecule has 0 aliphatic heterocycles. The third-order valence-corrected chi connectivity index (χ3v) is 4.19. The van der Waals surface area contributed by atoms with E-state index in [2.05, 4.69) is 11.4 Å². The molecule has 0 fully saturated rings. The van der Waals surface area contributed by atoms with Crippen molar-refractivity contribution in [2.24, 2.45) is 0 Å². The fourth-order valence-electron chi connectivity index (χ4n) is 2.80. The van der Waals surface area contributed by atoms with Gasteiger partial charge in [0.25, 0.3) is 0 Å². The smallest absolute Gasteiger partial charge is 0.129 e. The van der Waals surface area contributed by atoms with Crippen LogP contribution in [0.2, 0.25) is 0 Å². The third kappa shape index (κ3) is 2.85. The Morgan fingerprint density at radius 1 is 1.05 bits per heavy atom. The number of thiocarbonyl (C=S) groups is 1. The van der Waals surface area contributed by atoms with E-state index < -0.39 is 0 Å². The van der Waals surface area contributed by atoms with E-state index in [-0.39, 0.29) is 11.5 Å². The van der Waals surface area contributed by atoms with Gasteiger partial charge >= 0.3 is 0 Å². The number of benzene rings is 2. The topological polar surface area (TPSA) is 52.5 Å². The van der Waals surface area contributed by atoms with E-state index in [0.717, 1.165) is 18.5 Å². The maximum Gasteiger partial charge on any atom is 0.129 e. The van der Waals surface area contributed by atoms with E-state index in [9.17, 15) is 10.2 Å². The van der Waals surface area contributed by atoms with Crippen LogP contribution in [0, 0.1) is 0 Å². The van der Waals surface area contributed by atoms with Gasteiger partial charge in [-0.1, -0.05) is 24.4 Å². The van der Waals surface area contributed by atoms with E-state index in [1.165, 1.54) is 36.1 Å². The maximum atomic E-state index is 9.89. The number of phenolic OH excluding ortho intramolecular Hbond substituents is 2. The number of aromatic hydroxyl groups is 2. The average Bonchev–Trinajstić information content (AvgIpc) is 2.47. The highest BCUT2D eigenvalue weighted by Gasteiger charge is 2.15. The van der Waals surface area contributed by atoms with E-state index >= 15 is 0 Å². The Bertz CT molecular complexity index is 697. The first-order chi connectivity index (χ1) is 10.1. The number of anilines is 1. The number of hydrogen-bond donors (Lipinski definition) is 3. The number of fused-ring (bicyclic) bond motifs is 1. The first-order valence-corrected chi connectivity index (χ1v) is 7.50. The maximum absolute atomic E-state index is 9.89. The van der Waals surface area contributed by atoms with Crippen molar-refractivity contribution in [1.82, 2.24) is 0 Å². The second kappa shape index (κ2) is 5.74. The largest absolute Gasteiger partial charge is 0.508 e. The first-order valence-electron chi connectivity index (χ1n) is 7.09. The third-order valence-electron chi connectivity index (χ3n) is 3.87. The summed E-state index contributed by atoms with van der Waals surface area (Å²) in [5, 5.41) is 22.5. The number of rotatable bonds is 2.